The maximum Gasteiger partial charge on any atom is 0.260 e. The molecule has 0 bridgehead atoms. The van der Waals surface area contributed by atoms with Crippen molar-refractivity contribution in [3.05, 3.63) is 51.7 Å². The van der Waals surface area contributed by atoms with Crippen LogP contribution < -0.4 is 10.9 Å². The molecule has 9 nitrogen and oxygen atoms in total. The number of rotatable bonds is 5. The van der Waals surface area contributed by atoms with Crippen LogP contribution in [0.2, 0.25) is 5.02 Å². The van der Waals surface area contributed by atoms with Crippen LogP contribution in [0.25, 0.3) is 33.5 Å². The molecule has 3 aromatic heterocycles. The van der Waals surface area contributed by atoms with Crippen LogP contribution in [0, 0.1) is 6.92 Å². The number of aromatic nitrogens is 5. The molecule has 0 aliphatic carbocycles. The van der Waals surface area contributed by atoms with Gasteiger partial charge in [-0.05, 0) is 45.7 Å². The van der Waals surface area contributed by atoms with E-state index in [1.165, 1.54) is 0 Å². The first-order chi connectivity index (χ1) is 16.7. The highest BCUT2D eigenvalue weighted by atomic mass is 35.5. The summed E-state index contributed by atoms with van der Waals surface area (Å²) < 4.78 is 12.5. The van der Waals surface area contributed by atoms with Crippen molar-refractivity contribution in [2.24, 2.45) is 0 Å². The molecule has 1 atom stereocenters. The second kappa shape index (κ2) is 9.05. The minimum absolute atomic E-state index is 0.165. The number of hydrogen-bond donors (Lipinski definition) is 1. The minimum Gasteiger partial charge on any atom is -0.375 e. The SMILES string of the molecule is CCn1c(=O)c(-c2ccc(-c3noc(C)n3)cc2Cl)cc2cnc(NC3CCOC(C)(C)C3)nc21. The van der Waals surface area contributed by atoms with Gasteiger partial charge >= 0.3 is 0 Å². The number of nitrogens with zero attached hydrogens (tertiary/aromatic N) is 5. The smallest absolute Gasteiger partial charge is 0.260 e. The average Bonchev–Trinajstić information content (AvgIpc) is 3.25. The highest BCUT2D eigenvalue weighted by Crippen LogP contribution is 2.31. The van der Waals surface area contributed by atoms with Crippen molar-refractivity contribution >= 4 is 28.6 Å². The third-order valence-corrected chi connectivity index (χ3v) is 6.53. The van der Waals surface area contributed by atoms with Gasteiger partial charge in [-0.25, -0.2) is 4.98 Å². The first kappa shape index (κ1) is 23.4. The van der Waals surface area contributed by atoms with Crippen molar-refractivity contribution in [2.75, 3.05) is 11.9 Å². The Morgan fingerprint density at radius 2 is 2.06 bits per heavy atom. The Kier molecular flexibility index (Phi) is 6.06. The molecule has 1 unspecified atom stereocenters. The molecule has 1 aliphatic rings. The van der Waals surface area contributed by atoms with E-state index >= 15 is 0 Å². The fraction of sp³-hybridized carbons (Fsp3) is 0.400. The number of halogens is 1. The number of ether oxygens (including phenoxy) is 1. The van der Waals surface area contributed by atoms with Crippen LogP contribution in [0.1, 0.15) is 39.5 Å². The molecule has 1 N–H and O–H groups in total. The first-order valence-electron chi connectivity index (χ1n) is 11.7. The number of aryl methyl sites for hydroxylation is 2. The predicted molar refractivity (Wildman–Crippen MR) is 135 cm³/mol. The van der Waals surface area contributed by atoms with Gasteiger partial charge in [-0.2, -0.15) is 9.97 Å². The number of benzene rings is 1. The monoisotopic (exact) mass is 494 g/mol. The van der Waals surface area contributed by atoms with Crippen molar-refractivity contribution in [1.29, 1.82) is 0 Å². The van der Waals surface area contributed by atoms with E-state index < -0.39 is 0 Å². The minimum atomic E-state index is -0.190. The molecule has 182 valence electrons. The highest BCUT2D eigenvalue weighted by Gasteiger charge is 2.29. The molecule has 4 heterocycles. The maximum atomic E-state index is 13.5. The van der Waals surface area contributed by atoms with Crippen molar-refractivity contribution in [3.63, 3.8) is 0 Å². The second-order valence-electron chi connectivity index (χ2n) is 9.35. The van der Waals surface area contributed by atoms with Gasteiger partial charge in [-0.1, -0.05) is 28.9 Å². The van der Waals surface area contributed by atoms with Crippen LogP contribution in [0.3, 0.4) is 0 Å². The predicted octanol–water partition coefficient (Wildman–Crippen LogP) is 4.86. The summed E-state index contributed by atoms with van der Waals surface area (Å²) in [5.41, 5.74) is 2.04. The summed E-state index contributed by atoms with van der Waals surface area (Å²) >= 11 is 6.61. The van der Waals surface area contributed by atoms with Crippen LogP contribution in [0.5, 0.6) is 0 Å². The molecule has 0 amide bonds. The van der Waals surface area contributed by atoms with E-state index in [-0.39, 0.29) is 17.2 Å². The number of hydrogen-bond acceptors (Lipinski definition) is 8. The van der Waals surface area contributed by atoms with Crippen molar-refractivity contribution < 1.29 is 9.26 Å². The van der Waals surface area contributed by atoms with E-state index in [0.29, 0.717) is 58.2 Å². The lowest BCUT2D eigenvalue weighted by atomic mass is 9.94. The summed E-state index contributed by atoms with van der Waals surface area (Å²) in [5.74, 6) is 1.42. The van der Waals surface area contributed by atoms with Crippen molar-refractivity contribution in [1.82, 2.24) is 24.7 Å². The molecule has 0 radical (unpaired) electrons. The fourth-order valence-electron chi connectivity index (χ4n) is 4.54. The largest absolute Gasteiger partial charge is 0.375 e. The fourth-order valence-corrected chi connectivity index (χ4v) is 4.82. The van der Waals surface area contributed by atoms with Crippen LogP contribution in [-0.4, -0.2) is 42.9 Å². The Morgan fingerprint density at radius 1 is 1.23 bits per heavy atom. The molecule has 1 saturated heterocycles. The Morgan fingerprint density at radius 3 is 2.74 bits per heavy atom. The van der Waals surface area contributed by atoms with E-state index in [4.69, 9.17) is 25.8 Å². The quantitative estimate of drug-likeness (QED) is 0.419. The third-order valence-electron chi connectivity index (χ3n) is 6.22. The number of nitrogens with one attached hydrogen (secondary N) is 1. The van der Waals surface area contributed by atoms with E-state index in [0.717, 1.165) is 18.2 Å². The van der Waals surface area contributed by atoms with Crippen LogP contribution in [0.4, 0.5) is 5.95 Å². The Bertz CT molecular complexity index is 1460. The third kappa shape index (κ3) is 4.66. The summed E-state index contributed by atoms with van der Waals surface area (Å²) in [4.78, 5) is 26.9. The summed E-state index contributed by atoms with van der Waals surface area (Å²) in [7, 11) is 0. The topological polar surface area (TPSA) is 108 Å². The molecular weight excluding hydrogens is 468 g/mol. The average molecular weight is 495 g/mol. The van der Waals surface area contributed by atoms with Gasteiger partial charge in [0, 0.05) is 59.4 Å². The zero-order chi connectivity index (χ0) is 24.7. The van der Waals surface area contributed by atoms with Gasteiger partial charge in [0.05, 0.1) is 5.60 Å². The Balaban J connectivity index is 1.51. The summed E-state index contributed by atoms with van der Waals surface area (Å²) in [6.07, 6.45) is 3.47. The summed E-state index contributed by atoms with van der Waals surface area (Å²) in [6.45, 7) is 8.96. The number of anilines is 1. The normalized spacial score (nSPS) is 17.6. The van der Waals surface area contributed by atoms with E-state index in [1.54, 1.807) is 35.9 Å². The zero-order valence-electron chi connectivity index (χ0n) is 20.1. The van der Waals surface area contributed by atoms with Gasteiger partial charge in [0.2, 0.25) is 17.7 Å². The van der Waals surface area contributed by atoms with Gasteiger partial charge in [0.1, 0.15) is 5.65 Å². The molecule has 0 saturated carbocycles. The lowest BCUT2D eigenvalue weighted by Crippen LogP contribution is -2.40. The van der Waals surface area contributed by atoms with Crippen LogP contribution in [0.15, 0.2) is 39.8 Å². The molecule has 4 aromatic rings. The Hall–Kier alpha value is -3.30. The summed E-state index contributed by atoms with van der Waals surface area (Å²) in [5, 5.41) is 8.53. The zero-order valence-corrected chi connectivity index (χ0v) is 20.9. The van der Waals surface area contributed by atoms with E-state index in [1.807, 2.05) is 13.0 Å². The Labute approximate surface area is 207 Å². The second-order valence-corrected chi connectivity index (χ2v) is 9.76. The number of pyridine rings is 1. The molecular formula is C25H27ClN6O3. The highest BCUT2D eigenvalue weighted by molar-refractivity contribution is 6.33. The van der Waals surface area contributed by atoms with Gasteiger partial charge in [-0.15, -0.1) is 0 Å². The molecule has 35 heavy (non-hydrogen) atoms. The van der Waals surface area contributed by atoms with Crippen LogP contribution in [-0.2, 0) is 11.3 Å². The van der Waals surface area contributed by atoms with Crippen molar-refractivity contribution in [2.45, 2.75) is 58.7 Å². The lowest BCUT2D eigenvalue weighted by molar-refractivity contribution is -0.0553. The first-order valence-corrected chi connectivity index (χ1v) is 12.0. The molecule has 0 spiro atoms. The molecule has 5 rings (SSSR count). The molecule has 1 aliphatic heterocycles. The van der Waals surface area contributed by atoms with E-state index in [2.05, 4.69) is 34.3 Å². The van der Waals surface area contributed by atoms with Gasteiger partial charge in [-0.3, -0.25) is 9.36 Å². The number of fused-ring (bicyclic) bond motifs is 1. The molecule has 1 aromatic carbocycles. The van der Waals surface area contributed by atoms with Gasteiger partial charge in [0.25, 0.3) is 5.56 Å². The van der Waals surface area contributed by atoms with Gasteiger partial charge in [0.15, 0.2) is 0 Å². The van der Waals surface area contributed by atoms with E-state index in [9.17, 15) is 4.79 Å². The van der Waals surface area contributed by atoms with Crippen LogP contribution >= 0.6 is 11.6 Å². The lowest BCUT2D eigenvalue weighted by Gasteiger charge is -2.35. The maximum absolute atomic E-state index is 13.5. The molecule has 1 fully saturated rings. The summed E-state index contributed by atoms with van der Waals surface area (Å²) in [6, 6.07) is 7.36. The van der Waals surface area contributed by atoms with Crippen molar-refractivity contribution in [3.8, 4) is 22.5 Å². The van der Waals surface area contributed by atoms with Gasteiger partial charge < -0.3 is 14.6 Å². The standard InChI is InChI=1S/C25H27ClN6O3/c1-5-32-22-16(13-27-24(30-22)29-17-8-9-34-25(3,4)12-17)10-19(23(32)33)18-7-6-15(11-20(18)26)21-28-14(2)35-31-21/h6-7,10-11,13,17H,5,8-9,12H2,1-4H3,(H,27,29,30). The molecule has 10 heteroatoms.